The van der Waals surface area contributed by atoms with Gasteiger partial charge in [-0.05, 0) is 0 Å². The molecule has 2 aliphatic heterocycles. The fraction of sp³-hybridized carbons (Fsp3) is 0. The second kappa shape index (κ2) is 1.79. The first-order valence-corrected chi connectivity index (χ1v) is 3.36. The Kier molecular flexibility index (Phi) is 0.840. The zero-order chi connectivity index (χ0) is 7.97. The van der Waals surface area contributed by atoms with Crippen LogP contribution in [0.25, 0.3) is 0 Å². The molecule has 12 heavy (non-hydrogen) atoms. The Morgan fingerprint density at radius 1 is 1.50 bits per heavy atom. The minimum atomic E-state index is 0.583. The average molecular weight is 164 g/mol. The standard InChI is InChI=1S/C6H4N4O2/c1-4-6(12-8-1)10-3-9-11-5(10)2-7-4/h1-3,7H. The number of oxime groups is 1. The molecule has 3 rings (SSSR count). The Balaban J connectivity index is 2.17. The zero-order valence-electron chi connectivity index (χ0n) is 5.89. The van der Waals surface area contributed by atoms with Crippen molar-refractivity contribution >= 4 is 17.9 Å². The quantitative estimate of drug-likeness (QED) is 0.610. The lowest BCUT2D eigenvalue weighted by Gasteiger charge is -2.15. The van der Waals surface area contributed by atoms with Crippen LogP contribution in [0.4, 0.5) is 11.6 Å². The van der Waals surface area contributed by atoms with Gasteiger partial charge in [0.15, 0.2) is 0 Å². The number of aromatic nitrogens is 1. The van der Waals surface area contributed by atoms with Crippen molar-refractivity contribution in [1.82, 2.24) is 5.16 Å². The highest BCUT2D eigenvalue weighted by Gasteiger charge is 2.27. The third-order valence-corrected chi connectivity index (χ3v) is 1.67. The molecule has 0 aliphatic carbocycles. The molecular formula is C6H4N4O2. The van der Waals surface area contributed by atoms with E-state index in [1.54, 1.807) is 17.3 Å². The van der Waals surface area contributed by atoms with E-state index < -0.39 is 0 Å². The van der Waals surface area contributed by atoms with Gasteiger partial charge in [0.25, 0.3) is 11.8 Å². The molecule has 0 atom stereocenters. The summed E-state index contributed by atoms with van der Waals surface area (Å²) in [5, 5.41) is 10.2. The Hall–Kier alpha value is -1.98. The number of fused-ring (bicyclic) bond motifs is 3. The van der Waals surface area contributed by atoms with Crippen LogP contribution in [-0.4, -0.2) is 11.5 Å². The predicted octanol–water partition coefficient (Wildman–Crippen LogP) is 0.679. The molecule has 1 N–H and O–H groups in total. The van der Waals surface area contributed by atoms with Gasteiger partial charge in [-0.25, -0.2) is 4.90 Å². The van der Waals surface area contributed by atoms with E-state index in [9.17, 15) is 0 Å². The Bertz CT molecular complexity index is 381. The molecule has 6 heteroatoms. The largest absolute Gasteiger partial charge is 0.351 e. The minimum Gasteiger partial charge on any atom is -0.351 e. The van der Waals surface area contributed by atoms with Gasteiger partial charge < -0.3 is 14.7 Å². The highest BCUT2D eigenvalue weighted by molar-refractivity contribution is 5.88. The fourth-order valence-corrected chi connectivity index (χ4v) is 1.12. The lowest BCUT2D eigenvalue weighted by Crippen LogP contribution is -2.20. The van der Waals surface area contributed by atoms with E-state index in [-0.39, 0.29) is 0 Å². The summed E-state index contributed by atoms with van der Waals surface area (Å²) in [6.45, 7) is 0. The summed E-state index contributed by atoms with van der Waals surface area (Å²) in [4.78, 5) is 6.55. The maximum Gasteiger partial charge on any atom is 0.263 e. The van der Waals surface area contributed by atoms with E-state index in [0.717, 1.165) is 5.69 Å². The van der Waals surface area contributed by atoms with Crippen LogP contribution in [0.5, 0.6) is 0 Å². The molecular weight excluding hydrogens is 160 g/mol. The van der Waals surface area contributed by atoms with Crippen molar-refractivity contribution in [3.8, 4) is 0 Å². The van der Waals surface area contributed by atoms with Gasteiger partial charge in [0, 0.05) is 0 Å². The van der Waals surface area contributed by atoms with E-state index in [0.29, 0.717) is 11.8 Å². The van der Waals surface area contributed by atoms with Gasteiger partial charge in [-0.2, -0.15) is 0 Å². The van der Waals surface area contributed by atoms with E-state index >= 15 is 0 Å². The van der Waals surface area contributed by atoms with Crippen molar-refractivity contribution in [3.05, 3.63) is 18.3 Å². The normalized spacial score (nSPS) is 17.7. The first-order chi connectivity index (χ1) is 5.95. The molecule has 1 aromatic rings. The van der Waals surface area contributed by atoms with Crippen LogP contribution in [0.1, 0.15) is 0 Å². The van der Waals surface area contributed by atoms with E-state index in [4.69, 9.17) is 9.36 Å². The van der Waals surface area contributed by atoms with Gasteiger partial charge in [0.2, 0.25) is 0 Å². The molecule has 60 valence electrons. The molecule has 0 bridgehead atoms. The lowest BCUT2D eigenvalue weighted by molar-refractivity contribution is 0.242. The molecule has 0 fully saturated rings. The number of rotatable bonds is 0. The first kappa shape index (κ1) is 5.64. The summed E-state index contributed by atoms with van der Waals surface area (Å²) >= 11 is 0. The summed E-state index contributed by atoms with van der Waals surface area (Å²) < 4.78 is 4.97. The molecule has 0 saturated heterocycles. The molecule has 3 heterocycles. The van der Waals surface area contributed by atoms with Crippen molar-refractivity contribution in [1.29, 1.82) is 0 Å². The molecule has 1 aromatic heterocycles. The van der Waals surface area contributed by atoms with Gasteiger partial charge in [-0.3, -0.25) is 0 Å². The monoisotopic (exact) mass is 164 g/mol. The van der Waals surface area contributed by atoms with Crippen LogP contribution >= 0.6 is 0 Å². The van der Waals surface area contributed by atoms with Crippen LogP contribution in [0.3, 0.4) is 0 Å². The van der Waals surface area contributed by atoms with Crippen LogP contribution in [-0.2, 0) is 4.84 Å². The number of hydrogen-bond donors (Lipinski definition) is 1. The SMILES string of the molecule is C1=NOC2=CNc3cnoc3N12. The molecule has 0 spiro atoms. The maximum absolute atomic E-state index is 4.97. The topological polar surface area (TPSA) is 62.9 Å². The average Bonchev–Trinajstić information content (AvgIpc) is 2.71. The van der Waals surface area contributed by atoms with Gasteiger partial charge in [-0.15, -0.1) is 0 Å². The van der Waals surface area contributed by atoms with Crippen molar-refractivity contribution in [2.75, 3.05) is 10.2 Å². The highest BCUT2D eigenvalue weighted by Crippen LogP contribution is 2.33. The first-order valence-electron chi connectivity index (χ1n) is 3.36. The summed E-state index contributed by atoms with van der Waals surface area (Å²) in [5.74, 6) is 1.17. The Morgan fingerprint density at radius 3 is 3.50 bits per heavy atom. The molecule has 0 amide bonds. The maximum atomic E-state index is 4.97. The van der Waals surface area contributed by atoms with Gasteiger partial charge >= 0.3 is 0 Å². The number of hydrogen-bond acceptors (Lipinski definition) is 6. The smallest absolute Gasteiger partial charge is 0.263 e. The van der Waals surface area contributed by atoms with Crippen molar-refractivity contribution < 1.29 is 9.36 Å². The zero-order valence-corrected chi connectivity index (χ0v) is 5.89. The minimum absolute atomic E-state index is 0.583. The van der Waals surface area contributed by atoms with Crippen LogP contribution in [0, 0.1) is 0 Å². The molecule has 0 aromatic carbocycles. The van der Waals surface area contributed by atoms with E-state index in [1.807, 2.05) is 0 Å². The van der Waals surface area contributed by atoms with Crippen LogP contribution < -0.4 is 10.2 Å². The fourth-order valence-electron chi connectivity index (χ4n) is 1.12. The molecule has 2 aliphatic rings. The second-order valence-corrected chi connectivity index (χ2v) is 2.35. The summed E-state index contributed by atoms with van der Waals surface area (Å²) in [5.41, 5.74) is 0.802. The predicted molar refractivity (Wildman–Crippen MR) is 40.3 cm³/mol. The molecule has 0 saturated carbocycles. The third-order valence-electron chi connectivity index (χ3n) is 1.67. The van der Waals surface area contributed by atoms with Crippen molar-refractivity contribution in [2.24, 2.45) is 5.16 Å². The molecule has 0 unspecified atom stereocenters. The Labute approximate surface area is 67.1 Å². The highest BCUT2D eigenvalue weighted by atomic mass is 16.7. The third kappa shape index (κ3) is 0.541. The van der Waals surface area contributed by atoms with Gasteiger partial charge in [0.05, 0.1) is 12.4 Å². The van der Waals surface area contributed by atoms with E-state index in [1.165, 1.54) is 6.34 Å². The van der Waals surface area contributed by atoms with E-state index in [2.05, 4.69) is 15.6 Å². The van der Waals surface area contributed by atoms with Crippen LogP contribution in [0.2, 0.25) is 0 Å². The van der Waals surface area contributed by atoms with Crippen molar-refractivity contribution in [2.45, 2.75) is 0 Å². The second-order valence-electron chi connectivity index (χ2n) is 2.35. The van der Waals surface area contributed by atoms with Crippen LogP contribution in [0.15, 0.2) is 28.0 Å². The molecule has 6 nitrogen and oxygen atoms in total. The number of nitrogens with zero attached hydrogens (tertiary/aromatic N) is 3. The van der Waals surface area contributed by atoms with Gasteiger partial charge in [0.1, 0.15) is 12.0 Å². The number of nitrogens with one attached hydrogen (secondary N) is 1. The summed E-state index contributed by atoms with van der Waals surface area (Å²) in [6.07, 6.45) is 4.80. The number of anilines is 2. The molecule has 0 radical (unpaired) electrons. The van der Waals surface area contributed by atoms with Gasteiger partial charge in [-0.1, -0.05) is 10.3 Å². The van der Waals surface area contributed by atoms with Crippen molar-refractivity contribution in [3.63, 3.8) is 0 Å². The Morgan fingerprint density at radius 2 is 2.50 bits per heavy atom. The lowest BCUT2D eigenvalue weighted by atomic mass is 10.4. The summed E-state index contributed by atoms with van der Waals surface area (Å²) in [7, 11) is 0. The summed E-state index contributed by atoms with van der Waals surface area (Å²) in [6, 6.07) is 0.